The molecule has 1 unspecified atom stereocenters. The topological polar surface area (TPSA) is 56.3 Å². The van der Waals surface area contributed by atoms with E-state index in [9.17, 15) is 8.42 Å². The first kappa shape index (κ1) is 25.4. The highest BCUT2D eigenvalue weighted by atomic mass is 35.5. The van der Waals surface area contributed by atoms with Gasteiger partial charge in [-0.15, -0.1) is 11.3 Å². The van der Waals surface area contributed by atoms with Crippen molar-refractivity contribution in [1.29, 1.82) is 0 Å². The lowest BCUT2D eigenvalue weighted by atomic mass is 9.98. The van der Waals surface area contributed by atoms with E-state index >= 15 is 0 Å². The lowest BCUT2D eigenvalue weighted by Gasteiger charge is -2.17. The molecule has 0 N–H and O–H groups in total. The zero-order chi connectivity index (χ0) is 25.3. The van der Waals surface area contributed by atoms with E-state index in [1.165, 1.54) is 35.3 Å². The van der Waals surface area contributed by atoms with Crippen molar-refractivity contribution in [3.63, 3.8) is 0 Å². The average molecular weight is 559 g/mol. The van der Waals surface area contributed by atoms with Gasteiger partial charge in [-0.25, -0.2) is 4.98 Å². The number of rotatable bonds is 9. The molecule has 1 atom stereocenters. The summed E-state index contributed by atoms with van der Waals surface area (Å²) in [5.74, 6) is 0.716. The van der Waals surface area contributed by atoms with Gasteiger partial charge in [0.2, 0.25) is 0 Å². The SMILES string of the molecule is CS(=O)(=O)OC(CCc1ccc(C2CC2)cc1)c1cccc(/C=C/c2ccc3sc(Cl)c(Cl)c3n2)c1. The first-order chi connectivity index (χ1) is 17.2. The molecule has 36 heavy (non-hydrogen) atoms. The standard InChI is InChI=1S/C28H25Cl2NO3S2/c1-36(32,33)34-24(15-8-18-5-9-20(10-6-18)21-11-12-21)22-4-2-3-19(17-22)7-13-23-14-16-25-27(31-23)26(29)28(30)35-25/h2-7,9-10,13-14,16-17,21,24H,8,11-12,15H2,1H3/b13-7+. The average Bonchev–Trinajstić information content (AvgIpc) is 3.67. The summed E-state index contributed by atoms with van der Waals surface area (Å²) in [6.45, 7) is 0. The summed E-state index contributed by atoms with van der Waals surface area (Å²) in [5, 5.41) is 0.469. The van der Waals surface area contributed by atoms with Crippen LogP contribution in [0.1, 0.15) is 59.2 Å². The van der Waals surface area contributed by atoms with Crippen LogP contribution in [-0.2, 0) is 20.7 Å². The van der Waals surface area contributed by atoms with E-state index in [1.807, 2.05) is 48.6 Å². The first-order valence-electron chi connectivity index (χ1n) is 11.7. The fraction of sp³-hybridized carbons (Fsp3) is 0.250. The van der Waals surface area contributed by atoms with Crippen LogP contribution in [0, 0.1) is 0 Å². The molecule has 2 aromatic carbocycles. The van der Waals surface area contributed by atoms with Crippen LogP contribution in [0.3, 0.4) is 0 Å². The molecule has 2 heterocycles. The molecule has 0 radical (unpaired) electrons. The number of hydrogen-bond acceptors (Lipinski definition) is 5. The number of halogens is 2. The molecule has 1 aliphatic carbocycles. The summed E-state index contributed by atoms with van der Waals surface area (Å²) in [7, 11) is -3.63. The van der Waals surface area contributed by atoms with Crippen molar-refractivity contribution in [2.24, 2.45) is 0 Å². The van der Waals surface area contributed by atoms with E-state index in [4.69, 9.17) is 27.4 Å². The maximum absolute atomic E-state index is 12.0. The third-order valence-corrected chi connectivity index (χ3v) is 8.72. The van der Waals surface area contributed by atoms with Gasteiger partial charge in [0, 0.05) is 0 Å². The van der Waals surface area contributed by atoms with Crippen LogP contribution in [0.2, 0.25) is 9.36 Å². The van der Waals surface area contributed by atoms with Gasteiger partial charge in [0.25, 0.3) is 10.1 Å². The van der Waals surface area contributed by atoms with E-state index < -0.39 is 16.2 Å². The Bertz CT molecular complexity index is 1520. The number of hydrogen-bond donors (Lipinski definition) is 0. The molecule has 0 aliphatic heterocycles. The molecular weight excluding hydrogens is 533 g/mol. The predicted molar refractivity (Wildman–Crippen MR) is 150 cm³/mol. The highest BCUT2D eigenvalue weighted by molar-refractivity contribution is 7.86. The van der Waals surface area contributed by atoms with E-state index in [0.717, 1.165) is 34.2 Å². The van der Waals surface area contributed by atoms with E-state index in [2.05, 4.69) is 29.2 Å². The van der Waals surface area contributed by atoms with Crippen LogP contribution < -0.4 is 0 Å². The number of fused-ring (bicyclic) bond motifs is 1. The lowest BCUT2D eigenvalue weighted by molar-refractivity contribution is 0.205. The summed E-state index contributed by atoms with van der Waals surface area (Å²) < 4.78 is 31.0. The van der Waals surface area contributed by atoms with Gasteiger partial charge in [-0.2, -0.15) is 8.42 Å². The molecule has 1 saturated carbocycles. The Labute approximate surface area is 225 Å². The normalized spacial score (nSPS) is 15.1. The van der Waals surface area contributed by atoms with Gasteiger partial charge in [-0.05, 0) is 78.1 Å². The van der Waals surface area contributed by atoms with Crippen LogP contribution in [-0.4, -0.2) is 19.7 Å². The van der Waals surface area contributed by atoms with Crippen LogP contribution in [0.5, 0.6) is 0 Å². The molecule has 5 rings (SSSR count). The van der Waals surface area contributed by atoms with Gasteiger partial charge in [0.15, 0.2) is 0 Å². The van der Waals surface area contributed by atoms with Gasteiger partial charge >= 0.3 is 0 Å². The smallest absolute Gasteiger partial charge is 0.262 e. The minimum absolute atomic E-state index is 0.469. The summed E-state index contributed by atoms with van der Waals surface area (Å²) in [5.41, 5.74) is 5.73. The Hall–Kier alpha value is -2.22. The summed E-state index contributed by atoms with van der Waals surface area (Å²) in [6, 6.07) is 20.2. The lowest BCUT2D eigenvalue weighted by Crippen LogP contribution is -2.11. The van der Waals surface area contributed by atoms with Gasteiger partial charge in [0.1, 0.15) is 16.0 Å². The van der Waals surface area contributed by atoms with Gasteiger partial charge in [0.05, 0.1) is 21.7 Å². The Balaban J connectivity index is 1.33. The minimum atomic E-state index is -3.63. The fourth-order valence-electron chi connectivity index (χ4n) is 4.23. The molecule has 0 bridgehead atoms. The molecule has 186 valence electrons. The molecule has 0 amide bonds. The quantitative estimate of drug-likeness (QED) is 0.194. The summed E-state index contributed by atoms with van der Waals surface area (Å²) in [4.78, 5) is 4.60. The highest BCUT2D eigenvalue weighted by Gasteiger charge is 2.23. The van der Waals surface area contributed by atoms with Crippen LogP contribution in [0.15, 0.2) is 60.7 Å². The van der Waals surface area contributed by atoms with E-state index in [0.29, 0.717) is 27.2 Å². The van der Waals surface area contributed by atoms with Crippen LogP contribution in [0.25, 0.3) is 22.4 Å². The van der Waals surface area contributed by atoms with Gasteiger partial charge in [-0.1, -0.05) is 71.7 Å². The molecule has 8 heteroatoms. The van der Waals surface area contributed by atoms with E-state index in [1.54, 1.807) is 0 Å². The van der Waals surface area contributed by atoms with Crippen molar-refractivity contribution in [3.05, 3.63) is 98.0 Å². The predicted octanol–water partition coefficient (Wildman–Crippen LogP) is 8.30. The Morgan fingerprint density at radius 3 is 2.58 bits per heavy atom. The number of pyridine rings is 1. The molecular formula is C28H25Cl2NO3S2. The number of thiophene rings is 1. The Morgan fingerprint density at radius 2 is 1.86 bits per heavy atom. The second-order valence-electron chi connectivity index (χ2n) is 9.12. The van der Waals surface area contributed by atoms with E-state index in [-0.39, 0.29) is 0 Å². The number of benzene rings is 2. The third-order valence-electron chi connectivity index (χ3n) is 6.20. The van der Waals surface area contributed by atoms with Gasteiger partial charge < -0.3 is 0 Å². The van der Waals surface area contributed by atoms with Crippen molar-refractivity contribution in [3.8, 4) is 0 Å². The van der Waals surface area contributed by atoms with Crippen molar-refractivity contribution in [2.75, 3.05) is 6.26 Å². The zero-order valence-corrected chi connectivity index (χ0v) is 22.8. The number of aromatic nitrogens is 1. The highest BCUT2D eigenvalue weighted by Crippen LogP contribution is 2.40. The fourth-order valence-corrected chi connectivity index (χ4v) is 6.27. The number of nitrogens with zero attached hydrogens (tertiary/aromatic N) is 1. The molecule has 1 fully saturated rings. The maximum atomic E-state index is 12.0. The zero-order valence-electron chi connectivity index (χ0n) is 19.7. The van der Waals surface area contributed by atoms with Crippen molar-refractivity contribution >= 4 is 67.0 Å². The number of aryl methyl sites for hydroxylation is 1. The summed E-state index contributed by atoms with van der Waals surface area (Å²) in [6.07, 6.45) is 8.18. The van der Waals surface area contributed by atoms with Crippen LogP contribution >= 0.6 is 34.5 Å². The van der Waals surface area contributed by atoms with Crippen molar-refractivity contribution < 1.29 is 12.6 Å². The molecule has 4 aromatic rings. The first-order valence-corrected chi connectivity index (χ1v) is 15.1. The largest absolute Gasteiger partial charge is 0.264 e. The molecule has 1 aliphatic rings. The monoisotopic (exact) mass is 557 g/mol. The second-order valence-corrected chi connectivity index (χ2v) is 12.8. The maximum Gasteiger partial charge on any atom is 0.264 e. The second kappa shape index (κ2) is 10.6. The molecule has 0 spiro atoms. The van der Waals surface area contributed by atoms with Crippen molar-refractivity contribution in [1.82, 2.24) is 4.98 Å². The van der Waals surface area contributed by atoms with Crippen LogP contribution in [0.4, 0.5) is 0 Å². The van der Waals surface area contributed by atoms with Gasteiger partial charge in [-0.3, -0.25) is 4.18 Å². The Kier molecular flexibility index (Phi) is 7.52. The molecule has 4 nitrogen and oxygen atoms in total. The molecule has 2 aromatic heterocycles. The minimum Gasteiger partial charge on any atom is -0.262 e. The van der Waals surface area contributed by atoms with Crippen molar-refractivity contribution in [2.45, 2.75) is 37.7 Å². The Morgan fingerprint density at radius 1 is 1.08 bits per heavy atom. The summed E-state index contributed by atoms with van der Waals surface area (Å²) >= 11 is 13.8. The molecule has 0 saturated heterocycles. The third kappa shape index (κ3) is 6.36.